The molecule has 0 spiro atoms. The quantitative estimate of drug-likeness (QED) is 0.810. The number of amides is 2. The van der Waals surface area contributed by atoms with Gasteiger partial charge in [-0.2, -0.15) is 0 Å². The summed E-state index contributed by atoms with van der Waals surface area (Å²) >= 11 is 1.27. The van der Waals surface area contributed by atoms with Crippen molar-refractivity contribution in [2.45, 2.75) is 38.6 Å². The molecule has 0 bridgehead atoms. The summed E-state index contributed by atoms with van der Waals surface area (Å²) in [5, 5.41) is 4.75. The van der Waals surface area contributed by atoms with Crippen molar-refractivity contribution in [3.05, 3.63) is 15.8 Å². The molecular formula is C18H24N2O5S. The summed E-state index contributed by atoms with van der Waals surface area (Å²) in [5.41, 5.74) is 1.41. The van der Waals surface area contributed by atoms with Crippen LogP contribution >= 0.6 is 11.3 Å². The first-order chi connectivity index (χ1) is 12.5. The lowest BCUT2D eigenvalue weighted by Gasteiger charge is -2.38. The highest BCUT2D eigenvalue weighted by atomic mass is 32.1. The third kappa shape index (κ3) is 3.91. The highest BCUT2D eigenvalue weighted by Crippen LogP contribution is 2.32. The Morgan fingerprint density at radius 3 is 2.69 bits per heavy atom. The summed E-state index contributed by atoms with van der Waals surface area (Å²) in [7, 11) is 1.33. The van der Waals surface area contributed by atoms with Gasteiger partial charge in [0.25, 0.3) is 0 Å². The lowest BCUT2D eigenvalue weighted by Crippen LogP contribution is -2.49. The van der Waals surface area contributed by atoms with Gasteiger partial charge in [0.1, 0.15) is 11.5 Å². The van der Waals surface area contributed by atoms with Crippen molar-refractivity contribution >= 4 is 34.8 Å². The second kappa shape index (κ2) is 8.18. The number of morpholine rings is 1. The number of methoxy groups -OCH3 is 1. The number of hydrogen-bond donors (Lipinski definition) is 1. The van der Waals surface area contributed by atoms with Crippen molar-refractivity contribution < 1.29 is 23.9 Å². The molecule has 1 aromatic rings. The number of nitrogens with one attached hydrogen (secondary N) is 1. The Morgan fingerprint density at radius 2 is 2.04 bits per heavy atom. The zero-order valence-corrected chi connectivity index (χ0v) is 15.9. The number of anilines is 1. The van der Waals surface area contributed by atoms with Gasteiger partial charge in [-0.05, 0) is 43.6 Å². The van der Waals surface area contributed by atoms with E-state index in [1.54, 1.807) is 0 Å². The Labute approximate surface area is 156 Å². The average molecular weight is 380 g/mol. The molecule has 8 heteroatoms. The minimum absolute atomic E-state index is 0.0424. The Morgan fingerprint density at radius 1 is 1.31 bits per heavy atom. The molecule has 0 atom stereocenters. The highest BCUT2D eigenvalue weighted by molar-refractivity contribution is 7.12. The fourth-order valence-corrected chi connectivity index (χ4v) is 4.56. The lowest BCUT2D eigenvalue weighted by atomic mass is 9.84. The monoisotopic (exact) mass is 380 g/mol. The fraction of sp³-hybridized carbons (Fsp3) is 0.611. The Kier molecular flexibility index (Phi) is 5.93. The number of carbonyl (C=O) groups is 3. The molecule has 3 rings (SSSR count). The maximum atomic E-state index is 12.7. The molecule has 2 fully saturated rings. The van der Waals surface area contributed by atoms with Gasteiger partial charge in [0, 0.05) is 18.5 Å². The van der Waals surface area contributed by atoms with Gasteiger partial charge >= 0.3 is 5.97 Å². The first-order valence-corrected chi connectivity index (χ1v) is 9.73. The molecule has 2 amide bonds. The van der Waals surface area contributed by atoms with Crippen molar-refractivity contribution in [3.63, 3.8) is 0 Å². The van der Waals surface area contributed by atoms with Gasteiger partial charge in [-0.1, -0.05) is 0 Å². The predicted octanol–water partition coefficient (Wildman–Crippen LogP) is 2.20. The Bertz CT molecular complexity index is 694. The number of nitrogens with zero attached hydrogens (tertiary/aromatic N) is 1. The number of ether oxygens (including phenoxy) is 2. The molecule has 0 unspecified atom stereocenters. The van der Waals surface area contributed by atoms with E-state index in [-0.39, 0.29) is 30.4 Å². The molecule has 26 heavy (non-hydrogen) atoms. The van der Waals surface area contributed by atoms with Crippen molar-refractivity contribution in [1.29, 1.82) is 0 Å². The van der Waals surface area contributed by atoms with Crippen LogP contribution in [0.15, 0.2) is 5.38 Å². The van der Waals surface area contributed by atoms with Crippen LogP contribution in [0.3, 0.4) is 0 Å². The van der Waals surface area contributed by atoms with E-state index in [0.717, 1.165) is 31.2 Å². The summed E-state index contributed by atoms with van der Waals surface area (Å²) in [6, 6.07) is 0.198. The van der Waals surface area contributed by atoms with Crippen LogP contribution in [0.2, 0.25) is 0 Å². The highest BCUT2D eigenvalue weighted by Gasteiger charge is 2.33. The summed E-state index contributed by atoms with van der Waals surface area (Å²) in [6.07, 6.45) is 3.10. The summed E-state index contributed by atoms with van der Waals surface area (Å²) in [5.74, 6) is -0.565. The molecule has 2 heterocycles. The lowest BCUT2D eigenvalue weighted by molar-refractivity contribution is -0.146. The number of rotatable bonds is 4. The van der Waals surface area contributed by atoms with Gasteiger partial charge in [-0.25, -0.2) is 4.79 Å². The SMILES string of the molecule is COC(=O)c1scc(C)c1NC(=O)[C@H]1CC[C@H](N2CCOCC2=O)CC1. The Hall–Kier alpha value is -1.93. The topological polar surface area (TPSA) is 84.9 Å². The van der Waals surface area contributed by atoms with Crippen molar-refractivity contribution in [2.75, 3.05) is 32.2 Å². The zero-order chi connectivity index (χ0) is 18.7. The third-order valence-corrected chi connectivity index (χ3v) is 6.20. The maximum Gasteiger partial charge on any atom is 0.350 e. The van der Waals surface area contributed by atoms with E-state index in [0.29, 0.717) is 23.7 Å². The summed E-state index contributed by atoms with van der Waals surface area (Å²) in [4.78, 5) is 38.8. The van der Waals surface area contributed by atoms with E-state index in [4.69, 9.17) is 9.47 Å². The van der Waals surface area contributed by atoms with Crippen LogP contribution in [0.5, 0.6) is 0 Å². The van der Waals surface area contributed by atoms with Gasteiger partial charge in [0.15, 0.2) is 0 Å². The van der Waals surface area contributed by atoms with Crippen molar-refractivity contribution in [2.24, 2.45) is 5.92 Å². The third-order valence-electron chi connectivity index (χ3n) is 5.12. The standard InChI is InChI=1S/C18H24N2O5S/c1-11-10-26-16(18(23)24-2)15(11)19-17(22)12-3-5-13(6-4-12)20-7-8-25-9-14(20)21/h10,12-13H,3-9H2,1-2H3,(H,19,22)/t12-,13-. The van der Waals surface area contributed by atoms with Gasteiger partial charge in [-0.3, -0.25) is 9.59 Å². The van der Waals surface area contributed by atoms with Crippen LogP contribution in [-0.2, 0) is 19.1 Å². The number of carbonyl (C=O) groups excluding carboxylic acids is 3. The minimum atomic E-state index is -0.437. The van der Waals surface area contributed by atoms with Crippen LogP contribution in [0.25, 0.3) is 0 Å². The van der Waals surface area contributed by atoms with E-state index in [1.165, 1.54) is 18.4 Å². The molecule has 1 saturated carbocycles. The second-order valence-electron chi connectivity index (χ2n) is 6.75. The molecule has 1 aliphatic heterocycles. The van der Waals surface area contributed by atoms with Crippen LogP contribution in [0.1, 0.15) is 40.9 Å². The van der Waals surface area contributed by atoms with Crippen LogP contribution in [0.4, 0.5) is 5.69 Å². The summed E-state index contributed by atoms with van der Waals surface area (Å²) < 4.78 is 9.96. The molecule has 0 radical (unpaired) electrons. The first-order valence-electron chi connectivity index (χ1n) is 8.85. The van der Waals surface area contributed by atoms with Crippen molar-refractivity contribution in [3.8, 4) is 0 Å². The molecule has 0 aromatic carbocycles. The second-order valence-corrected chi connectivity index (χ2v) is 7.63. The smallest absolute Gasteiger partial charge is 0.350 e. The van der Waals surface area contributed by atoms with E-state index in [2.05, 4.69) is 5.32 Å². The first kappa shape index (κ1) is 18.8. The van der Waals surface area contributed by atoms with E-state index >= 15 is 0 Å². The average Bonchev–Trinajstić information content (AvgIpc) is 3.02. The molecular weight excluding hydrogens is 356 g/mol. The fourth-order valence-electron chi connectivity index (χ4n) is 3.63. The normalized spacial score (nSPS) is 23.6. The van der Waals surface area contributed by atoms with E-state index in [9.17, 15) is 14.4 Å². The molecule has 1 saturated heterocycles. The molecule has 2 aliphatic rings. The van der Waals surface area contributed by atoms with Gasteiger partial charge in [-0.15, -0.1) is 11.3 Å². The number of aryl methyl sites for hydroxylation is 1. The number of thiophene rings is 1. The predicted molar refractivity (Wildman–Crippen MR) is 97.3 cm³/mol. The molecule has 1 aromatic heterocycles. The number of esters is 1. The molecule has 1 aliphatic carbocycles. The van der Waals surface area contributed by atoms with E-state index in [1.807, 2.05) is 17.2 Å². The van der Waals surface area contributed by atoms with Gasteiger partial charge < -0.3 is 19.7 Å². The zero-order valence-electron chi connectivity index (χ0n) is 15.1. The van der Waals surface area contributed by atoms with Gasteiger partial charge in [0.05, 0.1) is 19.4 Å². The molecule has 1 N–H and O–H groups in total. The van der Waals surface area contributed by atoms with Crippen molar-refractivity contribution in [1.82, 2.24) is 4.90 Å². The largest absolute Gasteiger partial charge is 0.465 e. The van der Waals surface area contributed by atoms with Crippen LogP contribution in [0, 0.1) is 12.8 Å². The molecule has 7 nitrogen and oxygen atoms in total. The Balaban J connectivity index is 1.58. The van der Waals surface area contributed by atoms with Gasteiger partial charge in [0.2, 0.25) is 11.8 Å². The minimum Gasteiger partial charge on any atom is -0.465 e. The number of hydrogen-bond acceptors (Lipinski definition) is 6. The maximum absolute atomic E-state index is 12.7. The van der Waals surface area contributed by atoms with Crippen LogP contribution < -0.4 is 5.32 Å². The molecule has 142 valence electrons. The van der Waals surface area contributed by atoms with E-state index < -0.39 is 5.97 Å². The van der Waals surface area contributed by atoms with Crippen LogP contribution in [-0.4, -0.2) is 55.6 Å². The summed E-state index contributed by atoms with van der Waals surface area (Å²) in [6.45, 7) is 3.24.